The molecule has 1 aliphatic heterocycles. The number of guanidine groups is 1. The largest absolute Gasteiger partial charge is 0.356 e. The highest BCUT2D eigenvalue weighted by atomic mass is 32.2. The maximum atomic E-state index is 11.6. The number of rotatable bonds is 6. The molecule has 1 heterocycles. The van der Waals surface area contributed by atoms with Gasteiger partial charge in [0, 0.05) is 39.8 Å². The van der Waals surface area contributed by atoms with E-state index < -0.39 is 10.0 Å². The molecule has 1 spiro atoms. The van der Waals surface area contributed by atoms with Crippen LogP contribution >= 0.6 is 0 Å². The summed E-state index contributed by atoms with van der Waals surface area (Å²) in [6.07, 6.45) is 10.2. The van der Waals surface area contributed by atoms with Crippen LogP contribution in [0.1, 0.15) is 51.9 Å². The quantitative estimate of drug-likeness (QED) is 0.447. The van der Waals surface area contributed by atoms with Gasteiger partial charge in [0.15, 0.2) is 5.96 Å². The first kappa shape index (κ1) is 19.5. The minimum Gasteiger partial charge on any atom is -0.356 e. The van der Waals surface area contributed by atoms with E-state index in [2.05, 4.69) is 15.2 Å². The summed E-state index contributed by atoms with van der Waals surface area (Å²) in [5.41, 5.74) is 0.519. The molecule has 1 saturated carbocycles. The average Bonchev–Trinajstić information content (AvgIpc) is 2.93. The van der Waals surface area contributed by atoms with Crippen molar-refractivity contribution in [2.45, 2.75) is 51.9 Å². The molecule has 0 radical (unpaired) electrons. The zero-order chi connectivity index (χ0) is 17.6. The van der Waals surface area contributed by atoms with E-state index in [-0.39, 0.29) is 0 Å². The van der Waals surface area contributed by atoms with Crippen molar-refractivity contribution < 1.29 is 8.42 Å². The first-order valence-corrected chi connectivity index (χ1v) is 11.2. The zero-order valence-corrected chi connectivity index (χ0v) is 16.4. The highest BCUT2D eigenvalue weighted by Crippen LogP contribution is 2.43. The lowest BCUT2D eigenvalue weighted by molar-refractivity contribution is 0.203. The Labute approximate surface area is 147 Å². The van der Waals surface area contributed by atoms with Crippen LogP contribution in [0.15, 0.2) is 4.99 Å². The number of nitrogens with zero attached hydrogens (tertiary/aromatic N) is 3. The monoisotopic (exact) mass is 358 g/mol. The molecule has 6 nitrogen and oxygen atoms in total. The van der Waals surface area contributed by atoms with Crippen molar-refractivity contribution in [1.82, 2.24) is 14.5 Å². The van der Waals surface area contributed by atoms with Gasteiger partial charge >= 0.3 is 0 Å². The van der Waals surface area contributed by atoms with E-state index in [1.54, 1.807) is 0 Å². The third-order valence-corrected chi connectivity index (χ3v) is 6.93. The summed E-state index contributed by atoms with van der Waals surface area (Å²) in [4.78, 5) is 6.82. The van der Waals surface area contributed by atoms with E-state index >= 15 is 0 Å². The molecule has 1 aliphatic carbocycles. The lowest BCUT2D eigenvalue weighted by Crippen LogP contribution is -2.42. The Morgan fingerprint density at radius 1 is 1.25 bits per heavy atom. The Morgan fingerprint density at radius 3 is 2.54 bits per heavy atom. The van der Waals surface area contributed by atoms with Crippen LogP contribution < -0.4 is 5.32 Å². The van der Waals surface area contributed by atoms with Crippen molar-refractivity contribution in [3.05, 3.63) is 0 Å². The SMILES string of the molecule is CCN(CCCNC(=NC)N1CCC2(CCCCC2)C1)S(C)(=O)=O. The predicted octanol–water partition coefficient (Wildman–Crippen LogP) is 1.89. The van der Waals surface area contributed by atoms with Crippen LogP contribution in [0.5, 0.6) is 0 Å². The molecule has 7 heteroatoms. The summed E-state index contributed by atoms with van der Waals surface area (Å²) in [5.74, 6) is 0.972. The fraction of sp³-hybridized carbons (Fsp3) is 0.941. The molecular formula is C17H34N4O2S. The van der Waals surface area contributed by atoms with Gasteiger partial charge < -0.3 is 10.2 Å². The van der Waals surface area contributed by atoms with E-state index in [4.69, 9.17) is 0 Å². The van der Waals surface area contributed by atoms with E-state index in [9.17, 15) is 8.42 Å². The molecular weight excluding hydrogens is 324 g/mol. The number of likely N-dealkylation sites (tertiary alicyclic amines) is 1. The van der Waals surface area contributed by atoms with Gasteiger partial charge in [-0.25, -0.2) is 12.7 Å². The molecule has 140 valence electrons. The molecule has 2 fully saturated rings. The minimum absolute atomic E-state index is 0.519. The molecule has 2 aliphatic rings. The van der Waals surface area contributed by atoms with Crippen molar-refractivity contribution in [2.75, 3.05) is 46.0 Å². The Kier molecular flexibility index (Phi) is 6.92. The topological polar surface area (TPSA) is 65.0 Å². The van der Waals surface area contributed by atoms with Gasteiger partial charge in [-0.3, -0.25) is 4.99 Å². The standard InChI is InChI=1S/C17H34N4O2S/c1-4-21(24(3,22)23)13-8-12-19-16(18-2)20-14-11-17(15-20)9-6-5-7-10-17/h4-15H2,1-3H3,(H,18,19). The number of aliphatic imine (C=N–C) groups is 1. The lowest BCUT2D eigenvalue weighted by atomic mass is 9.73. The van der Waals surface area contributed by atoms with Gasteiger partial charge in [-0.05, 0) is 31.1 Å². The van der Waals surface area contributed by atoms with Crippen LogP contribution in [0, 0.1) is 5.41 Å². The van der Waals surface area contributed by atoms with E-state index in [0.29, 0.717) is 18.5 Å². The Morgan fingerprint density at radius 2 is 1.96 bits per heavy atom. The third kappa shape index (κ3) is 5.09. The van der Waals surface area contributed by atoms with Gasteiger partial charge in [0.2, 0.25) is 10.0 Å². The number of hydrogen-bond acceptors (Lipinski definition) is 3. The van der Waals surface area contributed by atoms with Crippen molar-refractivity contribution in [3.8, 4) is 0 Å². The normalized spacial score (nSPS) is 21.7. The zero-order valence-electron chi connectivity index (χ0n) is 15.6. The second-order valence-corrected chi connectivity index (χ2v) is 9.30. The summed E-state index contributed by atoms with van der Waals surface area (Å²) in [6.45, 7) is 5.93. The molecule has 2 rings (SSSR count). The predicted molar refractivity (Wildman–Crippen MR) is 99.8 cm³/mol. The van der Waals surface area contributed by atoms with Crippen LogP contribution in [0.3, 0.4) is 0 Å². The maximum Gasteiger partial charge on any atom is 0.211 e. The van der Waals surface area contributed by atoms with Crippen LogP contribution in [0.25, 0.3) is 0 Å². The number of nitrogens with one attached hydrogen (secondary N) is 1. The van der Waals surface area contributed by atoms with Crippen molar-refractivity contribution in [1.29, 1.82) is 0 Å². The van der Waals surface area contributed by atoms with Gasteiger partial charge in [0.05, 0.1) is 6.26 Å². The molecule has 1 saturated heterocycles. The summed E-state index contributed by atoms with van der Waals surface area (Å²) in [5, 5.41) is 3.42. The van der Waals surface area contributed by atoms with Crippen LogP contribution in [0.2, 0.25) is 0 Å². The molecule has 0 aromatic heterocycles. The summed E-state index contributed by atoms with van der Waals surface area (Å²) < 4.78 is 24.7. The Bertz CT molecular complexity index is 527. The third-order valence-electron chi connectivity index (χ3n) is 5.55. The molecule has 0 aromatic rings. The van der Waals surface area contributed by atoms with Crippen molar-refractivity contribution >= 4 is 16.0 Å². The fourth-order valence-corrected chi connectivity index (χ4v) is 5.10. The molecule has 0 unspecified atom stereocenters. The molecule has 0 amide bonds. The summed E-state index contributed by atoms with van der Waals surface area (Å²) in [6, 6.07) is 0. The van der Waals surface area contributed by atoms with E-state index in [0.717, 1.165) is 32.0 Å². The van der Waals surface area contributed by atoms with Gasteiger partial charge in [-0.15, -0.1) is 0 Å². The van der Waals surface area contributed by atoms with Crippen molar-refractivity contribution in [2.24, 2.45) is 10.4 Å². The second-order valence-electron chi connectivity index (χ2n) is 7.31. The first-order valence-electron chi connectivity index (χ1n) is 9.31. The van der Waals surface area contributed by atoms with Crippen molar-refractivity contribution in [3.63, 3.8) is 0 Å². The highest BCUT2D eigenvalue weighted by molar-refractivity contribution is 7.88. The van der Waals surface area contributed by atoms with Gasteiger partial charge in [-0.1, -0.05) is 26.2 Å². The minimum atomic E-state index is -3.09. The summed E-state index contributed by atoms with van der Waals surface area (Å²) >= 11 is 0. The van der Waals surface area contributed by atoms with E-state index in [1.807, 2.05) is 14.0 Å². The number of sulfonamides is 1. The smallest absolute Gasteiger partial charge is 0.211 e. The molecule has 0 atom stereocenters. The second kappa shape index (κ2) is 8.52. The molecule has 24 heavy (non-hydrogen) atoms. The maximum absolute atomic E-state index is 11.6. The van der Waals surface area contributed by atoms with Gasteiger partial charge in [0.25, 0.3) is 0 Å². The first-order chi connectivity index (χ1) is 11.4. The van der Waals surface area contributed by atoms with Crippen LogP contribution in [-0.2, 0) is 10.0 Å². The van der Waals surface area contributed by atoms with Gasteiger partial charge in [-0.2, -0.15) is 0 Å². The van der Waals surface area contributed by atoms with Gasteiger partial charge in [0.1, 0.15) is 0 Å². The molecule has 0 bridgehead atoms. The van der Waals surface area contributed by atoms with Crippen LogP contribution in [0.4, 0.5) is 0 Å². The van der Waals surface area contributed by atoms with E-state index in [1.165, 1.54) is 49.1 Å². The molecule has 0 aromatic carbocycles. The average molecular weight is 359 g/mol. The summed E-state index contributed by atoms with van der Waals surface area (Å²) in [7, 11) is -1.25. The lowest BCUT2D eigenvalue weighted by Gasteiger charge is -2.33. The Balaban J connectivity index is 1.77. The molecule has 1 N–H and O–H groups in total. The fourth-order valence-electron chi connectivity index (χ4n) is 4.17. The highest BCUT2D eigenvalue weighted by Gasteiger charge is 2.39. The van der Waals surface area contributed by atoms with Crippen LogP contribution in [-0.4, -0.2) is 69.6 Å². The number of hydrogen-bond donors (Lipinski definition) is 1. The Hall–Kier alpha value is -0.820.